The Labute approximate surface area is 496 Å². The number of allylic oxidation sites excluding steroid dienone is 14. The van der Waals surface area contributed by atoms with Crippen LogP contribution < -0.4 is 0 Å². The second-order valence-electron chi connectivity index (χ2n) is 23.1. The molecule has 0 aromatic rings. The van der Waals surface area contributed by atoms with Crippen molar-refractivity contribution < 1.29 is 28.6 Å². The Morgan fingerprint density at radius 2 is 0.487 bits per heavy atom. The van der Waals surface area contributed by atoms with Crippen molar-refractivity contribution in [2.45, 2.75) is 354 Å². The van der Waals surface area contributed by atoms with Crippen molar-refractivity contribution in [2.24, 2.45) is 0 Å². The summed E-state index contributed by atoms with van der Waals surface area (Å²) in [6.45, 7) is 6.54. The predicted molar refractivity (Wildman–Crippen MR) is 348 cm³/mol. The molecule has 0 saturated heterocycles. The lowest BCUT2D eigenvalue weighted by molar-refractivity contribution is -0.167. The highest BCUT2D eigenvalue weighted by molar-refractivity contribution is 5.71. The molecule has 6 nitrogen and oxygen atoms in total. The van der Waals surface area contributed by atoms with E-state index in [1.54, 1.807) is 0 Å². The highest BCUT2D eigenvalue weighted by Gasteiger charge is 2.19. The van der Waals surface area contributed by atoms with Crippen LogP contribution in [0.1, 0.15) is 348 Å². The summed E-state index contributed by atoms with van der Waals surface area (Å²) in [4.78, 5) is 38.3. The average Bonchev–Trinajstić information content (AvgIpc) is 3.46. The number of carbonyl (C=O) groups is 3. The zero-order valence-corrected chi connectivity index (χ0v) is 53.1. The van der Waals surface area contributed by atoms with Crippen LogP contribution in [0.15, 0.2) is 85.1 Å². The first-order valence-electron chi connectivity index (χ1n) is 34.6. The van der Waals surface area contributed by atoms with Gasteiger partial charge in [0.1, 0.15) is 13.2 Å². The molecule has 0 aliphatic heterocycles. The van der Waals surface area contributed by atoms with Crippen molar-refractivity contribution in [1.82, 2.24) is 0 Å². The lowest BCUT2D eigenvalue weighted by Gasteiger charge is -2.18. The van der Waals surface area contributed by atoms with Crippen molar-refractivity contribution >= 4 is 17.9 Å². The fourth-order valence-electron chi connectivity index (χ4n) is 9.97. The summed E-state index contributed by atoms with van der Waals surface area (Å²) in [5.41, 5.74) is 0. The van der Waals surface area contributed by atoms with E-state index in [9.17, 15) is 14.4 Å². The van der Waals surface area contributed by atoms with Crippen molar-refractivity contribution in [3.8, 4) is 0 Å². The summed E-state index contributed by atoms with van der Waals surface area (Å²) < 4.78 is 16.9. The van der Waals surface area contributed by atoms with E-state index in [4.69, 9.17) is 14.2 Å². The van der Waals surface area contributed by atoms with Gasteiger partial charge in [0.05, 0.1) is 0 Å². The first-order chi connectivity index (χ1) is 39.5. The van der Waals surface area contributed by atoms with Gasteiger partial charge in [0.2, 0.25) is 0 Å². The van der Waals surface area contributed by atoms with Crippen molar-refractivity contribution in [1.29, 1.82) is 0 Å². The molecule has 0 rings (SSSR count). The minimum absolute atomic E-state index is 0.0792. The van der Waals surface area contributed by atoms with Gasteiger partial charge in [0.15, 0.2) is 6.10 Å². The zero-order chi connectivity index (χ0) is 57.8. The van der Waals surface area contributed by atoms with Gasteiger partial charge in [-0.1, -0.05) is 318 Å². The summed E-state index contributed by atoms with van der Waals surface area (Å²) in [5.74, 6) is -0.879. The van der Waals surface area contributed by atoms with E-state index in [1.165, 1.54) is 199 Å². The Bertz CT molecular complexity index is 1520. The summed E-state index contributed by atoms with van der Waals surface area (Å²) in [6, 6.07) is 0. The summed E-state index contributed by atoms with van der Waals surface area (Å²) in [6.07, 6.45) is 90.4. The highest BCUT2D eigenvalue weighted by Crippen LogP contribution is 2.17. The van der Waals surface area contributed by atoms with Gasteiger partial charge in [-0.15, -0.1) is 0 Å². The fourth-order valence-corrected chi connectivity index (χ4v) is 9.97. The van der Waals surface area contributed by atoms with Crippen molar-refractivity contribution in [3.05, 3.63) is 85.1 Å². The van der Waals surface area contributed by atoms with Crippen LogP contribution in [-0.4, -0.2) is 37.2 Å². The van der Waals surface area contributed by atoms with Crippen LogP contribution in [0.2, 0.25) is 0 Å². The lowest BCUT2D eigenvalue weighted by Crippen LogP contribution is -2.30. The van der Waals surface area contributed by atoms with Gasteiger partial charge in [-0.2, -0.15) is 0 Å². The Hall–Kier alpha value is -3.41. The predicted octanol–water partition coefficient (Wildman–Crippen LogP) is 23.8. The molecule has 0 N–H and O–H groups in total. The number of esters is 3. The number of carbonyl (C=O) groups excluding carboxylic acids is 3. The second kappa shape index (κ2) is 68.1. The average molecular weight is 1120 g/mol. The smallest absolute Gasteiger partial charge is 0.306 e. The van der Waals surface area contributed by atoms with Gasteiger partial charge in [-0.25, -0.2) is 0 Å². The van der Waals surface area contributed by atoms with Gasteiger partial charge < -0.3 is 14.2 Å². The van der Waals surface area contributed by atoms with Crippen LogP contribution in [0.3, 0.4) is 0 Å². The third kappa shape index (κ3) is 65.4. The molecule has 0 fully saturated rings. The first kappa shape index (κ1) is 76.6. The SMILES string of the molecule is CC/C=C\C/C=C\C/C=C\C/C=C\C/C=C\C/C=C\CCCCCCCCC(=O)OC(COC(=O)CCCCCCCCCCCC)COC(=O)CCCCCCCCCCCCCCCCC/C=C\CCCCCCCCCC. The lowest BCUT2D eigenvalue weighted by atomic mass is 10.0. The van der Waals surface area contributed by atoms with Crippen LogP contribution in [0, 0.1) is 0 Å². The Kier molecular flexibility index (Phi) is 65.2. The van der Waals surface area contributed by atoms with Crippen molar-refractivity contribution in [3.63, 3.8) is 0 Å². The van der Waals surface area contributed by atoms with Crippen LogP contribution >= 0.6 is 0 Å². The highest BCUT2D eigenvalue weighted by atomic mass is 16.6. The molecule has 0 aliphatic rings. The summed E-state index contributed by atoms with van der Waals surface area (Å²) in [5, 5.41) is 0. The molecular formula is C74H130O6. The molecular weight excluding hydrogens is 985 g/mol. The van der Waals surface area contributed by atoms with E-state index in [0.29, 0.717) is 19.3 Å². The van der Waals surface area contributed by atoms with Crippen LogP contribution in [0.25, 0.3) is 0 Å². The number of ether oxygens (including phenoxy) is 3. The molecule has 0 spiro atoms. The third-order valence-electron chi connectivity index (χ3n) is 15.1. The van der Waals surface area contributed by atoms with E-state index < -0.39 is 6.10 Å². The minimum Gasteiger partial charge on any atom is -0.462 e. The molecule has 0 radical (unpaired) electrons. The molecule has 80 heavy (non-hydrogen) atoms. The second-order valence-corrected chi connectivity index (χ2v) is 23.1. The molecule has 0 aromatic carbocycles. The minimum atomic E-state index is -0.784. The molecule has 0 heterocycles. The largest absolute Gasteiger partial charge is 0.462 e. The Balaban J connectivity index is 4.22. The van der Waals surface area contributed by atoms with Gasteiger partial charge in [-0.05, 0) is 96.3 Å². The molecule has 462 valence electrons. The first-order valence-corrected chi connectivity index (χ1v) is 34.6. The molecule has 0 saturated carbocycles. The van der Waals surface area contributed by atoms with E-state index in [1.807, 2.05) is 0 Å². The van der Waals surface area contributed by atoms with Crippen LogP contribution in [0.5, 0.6) is 0 Å². The monoisotopic (exact) mass is 1110 g/mol. The van der Waals surface area contributed by atoms with Crippen LogP contribution in [0.4, 0.5) is 0 Å². The number of hydrogen-bond acceptors (Lipinski definition) is 6. The molecule has 0 aliphatic carbocycles. The quantitative estimate of drug-likeness (QED) is 0.0261. The van der Waals surface area contributed by atoms with E-state index in [-0.39, 0.29) is 31.1 Å². The van der Waals surface area contributed by atoms with Gasteiger partial charge >= 0.3 is 17.9 Å². The summed E-state index contributed by atoms with van der Waals surface area (Å²) in [7, 11) is 0. The maximum Gasteiger partial charge on any atom is 0.306 e. The molecule has 6 heteroatoms. The molecule has 1 unspecified atom stereocenters. The zero-order valence-electron chi connectivity index (χ0n) is 53.1. The van der Waals surface area contributed by atoms with Crippen LogP contribution in [-0.2, 0) is 28.6 Å². The third-order valence-corrected chi connectivity index (χ3v) is 15.1. The van der Waals surface area contributed by atoms with Gasteiger partial charge in [0, 0.05) is 19.3 Å². The standard InChI is InChI=1S/C74H130O6/c1-4-7-10-13-16-19-22-24-26-28-30-32-34-36-37-39-40-42-44-46-48-50-52-55-58-61-64-67-73(76)79-70-71(69-78-72(75)66-63-60-57-54-21-18-15-12-9-6-3)80-74(77)68-65-62-59-56-53-51-49-47-45-43-41-38-35-33-31-29-27-25-23-20-17-14-11-8-5-2/h8,11,17,20,25,27-28,30-31,33,38,41,45,47,71H,4-7,9-10,12-16,18-19,21-24,26,29,32,34-37,39-40,42-44,46,48-70H2,1-3H3/b11-8-,20-17-,27-25-,30-28-,33-31-,41-38-,47-45-. The molecule has 0 aromatic heterocycles. The number of hydrogen-bond donors (Lipinski definition) is 0. The normalized spacial score (nSPS) is 12.6. The van der Waals surface area contributed by atoms with E-state index in [0.717, 1.165) is 109 Å². The Morgan fingerprint density at radius 1 is 0.263 bits per heavy atom. The maximum atomic E-state index is 12.9. The van der Waals surface area contributed by atoms with Gasteiger partial charge in [0.25, 0.3) is 0 Å². The maximum absolute atomic E-state index is 12.9. The summed E-state index contributed by atoms with van der Waals surface area (Å²) >= 11 is 0. The fraction of sp³-hybridized carbons (Fsp3) is 0.770. The molecule has 1 atom stereocenters. The van der Waals surface area contributed by atoms with E-state index in [2.05, 4.69) is 106 Å². The number of rotatable bonds is 63. The Morgan fingerprint density at radius 3 is 0.775 bits per heavy atom. The molecule has 0 amide bonds. The van der Waals surface area contributed by atoms with E-state index >= 15 is 0 Å². The number of unbranched alkanes of at least 4 members (excludes halogenated alkanes) is 38. The van der Waals surface area contributed by atoms with Gasteiger partial charge in [-0.3, -0.25) is 14.4 Å². The molecule has 0 bridgehead atoms. The van der Waals surface area contributed by atoms with Crippen molar-refractivity contribution in [2.75, 3.05) is 13.2 Å². The topological polar surface area (TPSA) is 78.9 Å².